The Morgan fingerprint density at radius 2 is 1.81 bits per heavy atom. The van der Waals surface area contributed by atoms with E-state index in [0.717, 1.165) is 25.7 Å². The quantitative estimate of drug-likeness (QED) is 0.679. The molecule has 2 unspecified atom stereocenters. The molecule has 2 amide bonds. The highest BCUT2D eigenvalue weighted by atomic mass is 16.4. The summed E-state index contributed by atoms with van der Waals surface area (Å²) in [5, 5.41) is 23.9. The Morgan fingerprint density at radius 1 is 1.14 bits per heavy atom. The largest absolute Gasteiger partial charge is 0.481 e. The predicted octanol–water partition coefficient (Wildman–Crippen LogP) is 1.74. The van der Waals surface area contributed by atoms with E-state index in [1.54, 1.807) is 24.3 Å². The van der Waals surface area contributed by atoms with Gasteiger partial charge in [0.2, 0.25) is 0 Å². The van der Waals surface area contributed by atoms with Crippen LogP contribution >= 0.6 is 0 Å². The molecule has 114 valence electrons. The van der Waals surface area contributed by atoms with Crippen molar-refractivity contribution >= 4 is 17.7 Å². The summed E-state index contributed by atoms with van der Waals surface area (Å²) in [6, 6.07) is 6.10. The third kappa shape index (κ3) is 4.75. The number of hydrogen-bond donors (Lipinski definition) is 4. The second-order valence-electron chi connectivity index (χ2n) is 5.32. The van der Waals surface area contributed by atoms with Crippen molar-refractivity contribution in [3.05, 3.63) is 29.8 Å². The lowest BCUT2D eigenvalue weighted by atomic mass is 9.93. The minimum absolute atomic E-state index is 0.0409. The number of carboxylic acid groups (broad SMARTS) is 1. The summed E-state index contributed by atoms with van der Waals surface area (Å²) in [5.41, 5.74) is 1.27. The van der Waals surface area contributed by atoms with Crippen LogP contribution in [0.5, 0.6) is 0 Å². The number of nitrogens with one attached hydrogen (secondary N) is 2. The molecule has 0 bridgehead atoms. The van der Waals surface area contributed by atoms with Crippen molar-refractivity contribution in [2.24, 2.45) is 0 Å². The molecule has 0 saturated heterocycles. The Balaban J connectivity index is 1.85. The normalized spacial score (nSPS) is 21.6. The average Bonchev–Trinajstić information content (AvgIpc) is 2.43. The number of carbonyl (C=O) groups is 2. The summed E-state index contributed by atoms with van der Waals surface area (Å²) in [6.45, 7) is 0. The van der Waals surface area contributed by atoms with Gasteiger partial charge in [-0.2, -0.15) is 0 Å². The molecule has 1 aliphatic carbocycles. The fraction of sp³-hybridized carbons (Fsp3) is 0.467. The molecule has 0 heterocycles. The first-order chi connectivity index (χ1) is 10.0. The number of aliphatic hydroxyl groups is 1. The van der Waals surface area contributed by atoms with Crippen LogP contribution in [-0.4, -0.2) is 34.4 Å². The molecule has 1 aromatic carbocycles. The third-order valence-corrected chi connectivity index (χ3v) is 3.61. The Morgan fingerprint density at radius 3 is 2.43 bits per heavy atom. The highest BCUT2D eigenvalue weighted by Gasteiger charge is 2.24. The number of carbonyl (C=O) groups excluding carboxylic acids is 1. The van der Waals surface area contributed by atoms with Gasteiger partial charge in [0.05, 0.1) is 18.6 Å². The molecular weight excluding hydrogens is 272 g/mol. The van der Waals surface area contributed by atoms with Gasteiger partial charge in [-0.3, -0.25) is 4.79 Å². The van der Waals surface area contributed by atoms with Crippen LogP contribution in [0.4, 0.5) is 10.5 Å². The molecule has 4 N–H and O–H groups in total. The number of benzene rings is 1. The third-order valence-electron chi connectivity index (χ3n) is 3.61. The first-order valence-electron chi connectivity index (χ1n) is 7.11. The molecule has 6 heteroatoms. The Hall–Kier alpha value is -2.08. The first-order valence-corrected chi connectivity index (χ1v) is 7.11. The fourth-order valence-corrected chi connectivity index (χ4v) is 2.50. The highest BCUT2D eigenvalue weighted by Crippen LogP contribution is 2.18. The van der Waals surface area contributed by atoms with Crippen molar-refractivity contribution in [3.8, 4) is 0 Å². The van der Waals surface area contributed by atoms with Gasteiger partial charge in [0.1, 0.15) is 0 Å². The molecule has 0 aliphatic heterocycles. The summed E-state index contributed by atoms with van der Waals surface area (Å²) in [6.07, 6.45) is 2.97. The van der Waals surface area contributed by atoms with Gasteiger partial charge in [-0.05, 0) is 30.5 Å². The van der Waals surface area contributed by atoms with Crippen LogP contribution in [0, 0.1) is 0 Å². The number of aliphatic carboxylic acids is 1. The molecule has 2 atom stereocenters. The SMILES string of the molecule is O=C(O)Cc1ccc(NC(=O)NC2CCCCC2O)cc1. The molecule has 0 spiro atoms. The highest BCUT2D eigenvalue weighted by molar-refractivity contribution is 5.89. The van der Waals surface area contributed by atoms with Crippen LogP contribution in [0.2, 0.25) is 0 Å². The van der Waals surface area contributed by atoms with Crippen molar-refractivity contribution in [2.45, 2.75) is 44.2 Å². The molecule has 0 aromatic heterocycles. The molecule has 6 nitrogen and oxygen atoms in total. The molecule has 1 saturated carbocycles. The Labute approximate surface area is 123 Å². The lowest BCUT2D eigenvalue weighted by molar-refractivity contribution is -0.136. The molecule has 21 heavy (non-hydrogen) atoms. The van der Waals surface area contributed by atoms with Gasteiger partial charge in [-0.1, -0.05) is 25.0 Å². The maximum absolute atomic E-state index is 11.9. The number of rotatable bonds is 4. The van der Waals surface area contributed by atoms with Crippen molar-refractivity contribution in [3.63, 3.8) is 0 Å². The average molecular weight is 292 g/mol. The standard InChI is InChI=1S/C15H20N2O4/c18-13-4-2-1-3-12(13)17-15(21)16-11-7-5-10(6-8-11)9-14(19)20/h5-8,12-13,18H,1-4,9H2,(H,19,20)(H2,16,17,21). The first kappa shape index (κ1) is 15.3. The number of carboxylic acids is 1. The topological polar surface area (TPSA) is 98.7 Å². The lowest BCUT2D eigenvalue weighted by Crippen LogP contribution is -2.46. The maximum Gasteiger partial charge on any atom is 0.319 e. The van der Waals surface area contributed by atoms with Crippen molar-refractivity contribution in [1.82, 2.24) is 5.32 Å². The second kappa shape index (κ2) is 7.08. The van der Waals surface area contributed by atoms with Crippen LogP contribution < -0.4 is 10.6 Å². The smallest absolute Gasteiger partial charge is 0.319 e. The summed E-state index contributed by atoms with van der Waals surface area (Å²) in [4.78, 5) is 22.4. The molecule has 2 rings (SSSR count). The number of anilines is 1. The molecule has 1 fully saturated rings. The monoisotopic (exact) mass is 292 g/mol. The van der Waals surface area contributed by atoms with Crippen molar-refractivity contribution < 1.29 is 19.8 Å². The zero-order chi connectivity index (χ0) is 15.2. The maximum atomic E-state index is 11.9. The summed E-state index contributed by atoms with van der Waals surface area (Å²) in [7, 11) is 0. The van der Waals surface area contributed by atoms with E-state index in [0.29, 0.717) is 11.3 Å². The Kier molecular flexibility index (Phi) is 5.16. The van der Waals surface area contributed by atoms with E-state index >= 15 is 0 Å². The number of aliphatic hydroxyl groups excluding tert-OH is 1. The molecule has 1 aromatic rings. The summed E-state index contributed by atoms with van der Waals surface area (Å²) in [5.74, 6) is -0.889. The van der Waals surface area contributed by atoms with Gasteiger partial charge in [0.25, 0.3) is 0 Å². The van der Waals surface area contributed by atoms with Crippen molar-refractivity contribution in [2.75, 3.05) is 5.32 Å². The number of hydrogen-bond acceptors (Lipinski definition) is 3. The van der Waals surface area contributed by atoms with Gasteiger partial charge >= 0.3 is 12.0 Å². The van der Waals surface area contributed by atoms with Crippen LogP contribution in [0.3, 0.4) is 0 Å². The van der Waals surface area contributed by atoms with Gasteiger partial charge in [-0.15, -0.1) is 0 Å². The van der Waals surface area contributed by atoms with Gasteiger partial charge < -0.3 is 20.8 Å². The zero-order valence-electron chi connectivity index (χ0n) is 11.7. The van der Waals surface area contributed by atoms with E-state index in [1.165, 1.54) is 0 Å². The van der Waals surface area contributed by atoms with Gasteiger partial charge in [-0.25, -0.2) is 4.79 Å². The molecule has 0 radical (unpaired) electrons. The van der Waals surface area contributed by atoms with E-state index in [2.05, 4.69) is 10.6 Å². The number of amides is 2. The van der Waals surface area contributed by atoms with E-state index < -0.39 is 12.1 Å². The predicted molar refractivity (Wildman–Crippen MR) is 78.2 cm³/mol. The number of urea groups is 1. The Bertz CT molecular complexity index is 501. The van der Waals surface area contributed by atoms with Crippen molar-refractivity contribution in [1.29, 1.82) is 0 Å². The molecule has 1 aliphatic rings. The van der Waals surface area contributed by atoms with E-state index in [-0.39, 0.29) is 18.5 Å². The van der Waals surface area contributed by atoms with Gasteiger partial charge in [0, 0.05) is 5.69 Å². The second-order valence-corrected chi connectivity index (χ2v) is 5.32. The zero-order valence-corrected chi connectivity index (χ0v) is 11.7. The fourth-order valence-electron chi connectivity index (χ4n) is 2.50. The summed E-state index contributed by atoms with van der Waals surface area (Å²) < 4.78 is 0. The van der Waals surface area contributed by atoms with Crippen LogP contribution in [0.15, 0.2) is 24.3 Å². The van der Waals surface area contributed by atoms with Crippen LogP contribution in [-0.2, 0) is 11.2 Å². The van der Waals surface area contributed by atoms with E-state index in [1.807, 2.05) is 0 Å². The van der Waals surface area contributed by atoms with Gasteiger partial charge in [0.15, 0.2) is 0 Å². The van der Waals surface area contributed by atoms with E-state index in [4.69, 9.17) is 5.11 Å². The van der Waals surface area contributed by atoms with Crippen LogP contribution in [0.25, 0.3) is 0 Å². The molecular formula is C15H20N2O4. The minimum Gasteiger partial charge on any atom is -0.481 e. The van der Waals surface area contributed by atoms with Crippen LogP contribution in [0.1, 0.15) is 31.2 Å². The minimum atomic E-state index is -0.889. The van der Waals surface area contributed by atoms with E-state index in [9.17, 15) is 14.7 Å². The summed E-state index contributed by atoms with van der Waals surface area (Å²) >= 11 is 0. The lowest BCUT2D eigenvalue weighted by Gasteiger charge is -2.28.